The van der Waals surface area contributed by atoms with Gasteiger partial charge in [-0.1, -0.05) is 12.1 Å². The predicted molar refractivity (Wildman–Crippen MR) is 80.2 cm³/mol. The van der Waals surface area contributed by atoms with Crippen LogP contribution in [0, 0.1) is 0 Å². The average Bonchev–Trinajstić information content (AvgIpc) is 2.98. The lowest BCUT2D eigenvalue weighted by atomic mass is 10.1. The molecule has 1 saturated heterocycles. The number of hydrogen-bond donors (Lipinski definition) is 3. The first-order chi connectivity index (χ1) is 10.3. The van der Waals surface area contributed by atoms with E-state index in [0.717, 1.165) is 42.5 Å². The minimum atomic E-state index is -0.775. The van der Waals surface area contributed by atoms with Crippen molar-refractivity contribution in [2.45, 2.75) is 31.6 Å². The molecule has 0 saturated carbocycles. The highest BCUT2D eigenvalue weighted by molar-refractivity contribution is 5.90. The number of hydrogen-bond acceptors (Lipinski definition) is 5. The summed E-state index contributed by atoms with van der Waals surface area (Å²) in [6, 6.07) is 5.91. The van der Waals surface area contributed by atoms with Crippen molar-refractivity contribution in [1.82, 2.24) is 9.78 Å². The fourth-order valence-electron chi connectivity index (χ4n) is 2.67. The Bertz CT molecular complexity index is 593. The Hall–Kier alpha value is -1.63. The molecule has 1 aliphatic heterocycles. The Morgan fingerprint density at radius 3 is 3.10 bits per heavy atom. The van der Waals surface area contributed by atoms with Gasteiger partial charge in [-0.3, -0.25) is 0 Å². The smallest absolute Gasteiger partial charge is 0.150 e. The van der Waals surface area contributed by atoms with Gasteiger partial charge in [0.05, 0.1) is 30.1 Å². The molecule has 3 N–H and O–H groups in total. The number of para-hydroxylation sites is 1. The topological polar surface area (TPSA) is 79.5 Å². The van der Waals surface area contributed by atoms with Crippen molar-refractivity contribution in [3.8, 4) is 0 Å². The lowest BCUT2D eigenvalue weighted by molar-refractivity contribution is -0.0366. The highest BCUT2D eigenvalue weighted by atomic mass is 16.5. The molecule has 1 aliphatic rings. The fraction of sp³-hybridized carbons (Fsp3) is 0.533. The van der Waals surface area contributed by atoms with Gasteiger partial charge in [0, 0.05) is 18.5 Å². The largest absolute Gasteiger partial charge is 0.394 e. The molecule has 1 fully saturated rings. The van der Waals surface area contributed by atoms with E-state index in [0.29, 0.717) is 6.54 Å². The first-order valence-corrected chi connectivity index (χ1v) is 7.40. The Labute approximate surface area is 123 Å². The third kappa shape index (κ3) is 3.02. The molecule has 0 radical (unpaired) electrons. The van der Waals surface area contributed by atoms with E-state index < -0.39 is 6.10 Å². The second-order valence-electron chi connectivity index (χ2n) is 5.37. The summed E-state index contributed by atoms with van der Waals surface area (Å²) in [4.78, 5) is 0. The zero-order chi connectivity index (χ0) is 14.7. The van der Waals surface area contributed by atoms with Crippen LogP contribution < -0.4 is 5.32 Å². The van der Waals surface area contributed by atoms with Crippen LogP contribution in [0.15, 0.2) is 24.4 Å². The maximum Gasteiger partial charge on any atom is 0.150 e. The van der Waals surface area contributed by atoms with Gasteiger partial charge < -0.3 is 20.3 Å². The predicted octanol–water partition coefficient (Wildman–Crippen LogP) is 1.50. The summed E-state index contributed by atoms with van der Waals surface area (Å²) in [5.41, 5.74) is 1.88. The van der Waals surface area contributed by atoms with Crippen molar-refractivity contribution in [1.29, 1.82) is 0 Å². The van der Waals surface area contributed by atoms with Crippen LogP contribution in [0.3, 0.4) is 0 Å². The number of nitrogens with one attached hydrogen (secondary N) is 1. The molecule has 0 bridgehead atoms. The molecule has 1 aromatic heterocycles. The van der Waals surface area contributed by atoms with Crippen LogP contribution in [-0.2, 0) is 4.74 Å². The second-order valence-corrected chi connectivity index (χ2v) is 5.37. The minimum absolute atomic E-state index is 0.0260. The maximum atomic E-state index is 9.50. The van der Waals surface area contributed by atoms with Crippen molar-refractivity contribution in [3.63, 3.8) is 0 Å². The van der Waals surface area contributed by atoms with Crippen molar-refractivity contribution in [2.75, 3.05) is 25.1 Å². The van der Waals surface area contributed by atoms with Gasteiger partial charge >= 0.3 is 0 Å². The van der Waals surface area contributed by atoms with Gasteiger partial charge in [-0.25, -0.2) is 4.68 Å². The summed E-state index contributed by atoms with van der Waals surface area (Å²) >= 11 is 0. The fourth-order valence-corrected chi connectivity index (χ4v) is 2.67. The zero-order valence-electron chi connectivity index (χ0n) is 11.9. The van der Waals surface area contributed by atoms with Crippen LogP contribution in [0.2, 0.25) is 0 Å². The van der Waals surface area contributed by atoms with Gasteiger partial charge in [0.15, 0.2) is 6.23 Å². The summed E-state index contributed by atoms with van der Waals surface area (Å²) in [6.45, 7) is 0.811. The minimum Gasteiger partial charge on any atom is -0.394 e. The molecule has 0 spiro atoms. The zero-order valence-corrected chi connectivity index (χ0v) is 11.9. The van der Waals surface area contributed by atoms with Gasteiger partial charge in [-0.2, -0.15) is 5.10 Å². The van der Waals surface area contributed by atoms with Gasteiger partial charge in [-0.05, 0) is 25.3 Å². The highest BCUT2D eigenvalue weighted by Crippen LogP contribution is 2.30. The molecule has 2 atom stereocenters. The maximum absolute atomic E-state index is 9.50. The number of rotatable bonds is 5. The molecule has 6 nitrogen and oxygen atoms in total. The number of aliphatic hydroxyl groups excluding tert-OH is 2. The number of anilines is 1. The molecule has 2 aromatic rings. The molecule has 114 valence electrons. The Morgan fingerprint density at radius 2 is 2.33 bits per heavy atom. The number of fused-ring (bicyclic) bond motifs is 1. The van der Waals surface area contributed by atoms with Crippen LogP contribution >= 0.6 is 0 Å². The van der Waals surface area contributed by atoms with Crippen LogP contribution in [0.1, 0.15) is 25.5 Å². The van der Waals surface area contributed by atoms with Gasteiger partial charge in [0.1, 0.15) is 0 Å². The number of ether oxygens (including phenoxy) is 1. The first kappa shape index (κ1) is 14.3. The van der Waals surface area contributed by atoms with Gasteiger partial charge in [0.2, 0.25) is 0 Å². The van der Waals surface area contributed by atoms with Crippen molar-refractivity contribution >= 4 is 16.6 Å². The molecule has 3 rings (SSSR count). The lowest BCUT2D eigenvalue weighted by Gasteiger charge is -2.24. The number of nitrogens with zero attached hydrogens (tertiary/aromatic N) is 2. The summed E-state index contributed by atoms with van der Waals surface area (Å²) < 4.78 is 7.73. The second kappa shape index (κ2) is 6.43. The molecule has 0 amide bonds. The molecule has 21 heavy (non-hydrogen) atoms. The quantitative estimate of drug-likeness (QED) is 0.778. The van der Waals surface area contributed by atoms with Crippen LogP contribution in [0.25, 0.3) is 10.9 Å². The Balaban J connectivity index is 1.90. The van der Waals surface area contributed by atoms with E-state index in [1.165, 1.54) is 0 Å². The lowest BCUT2D eigenvalue weighted by Crippen LogP contribution is -2.24. The monoisotopic (exact) mass is 291 g/mol. The number of benzene rings is 1. The van der Waals surface area contributed by atoms with Crippen LogP contribution in [0.4, 0.5) is 5.69 Å². The van der Waals surface area contributed by atoms with Crippen molar-refractivity contribution in [2.24, 2.45) is 0 Å². The summed E-state index contributed by atoms with van der Waals surface area (Å²) in [5, 5.41) is 27.1. The van der Waals surface area contributed by atoms with Gasteiger partial charge in [-0.15, -0.1) is 0 Å². The average molecular weight is 291 g/mol. The summed E-state index contributed by atoms with van der Waals surface area (Å²) in [6.07, 6.45) is 4.24. The van der Waals surface area contributed by atoms with E-state index in [-0.39, 0.29) is 12.8 Å². The first-order valence-electron chi connectivity index (χ1n) is 7.40. The van der Waals surface area contributed by atoms with E-state index in [1.807, 2.05) is 29.1 Å². The molecule has 2 unspecified atom stereocenters. The third-order valence-electron chi connectivity index (χ3n) is 3.78. The number of aliphatic hydroxyl groups is 2. The van der Waals surface area contributed by atoms with E-state index >= 15 is 0 Å². The number of aromatic nitrogens is 2. The molecule has 6 heteroatoms. The van der Waals surface area contributed by atoms with E-state index in [4.69, 9.17) is 9.84 Å². The molecular formula is C15H21N3O3. The van der Waals surface area contributed by atoms with Crippen LogP contribution in [-0.4, -0.2) is 45.9 Å². The van der Waals surface area contributed by atoms with E-state index in [9.17, 15) is 5.11 Å². The molecule has 2 heterocycles. The van der Waals surface area contributed by atoms with Crippen molar-refractivity contribution < 1.29 is 14.9 Å². The summed E-state index contributed by atoms with van der Waals surface area (Å²) in [5.74, 6) is 0. The Kier molecular flexibility index (Phi) is 4.38. The SMILES string of the molecule is OCC(O)CNc1cccc2cnn(C3CCCCO3)c12. The van der Waals surface area contributed by atoms with Gasteiger partial charge in [0.25, 0.3) is 0 Å². The normalized spacial score (nSPS) is 20.6. The van der Waals surface area contributed by atoms with E-state index in [2.05, 4.69) is 10.4 Å². The molecular weight excluding hydrogens is 270 g/mol. The summed E-state index contributed by atoms with van der Waals surface area (Å²) in [7, 11) is 0. The van der Waals surface area contributed by atoms with Crippen molar-refractivity contribution in [3.05, 3.63) is 24.4 Å². The highest BCUT2D eigenvalue weighted by Gasteiger charge is 2.20. The van der Waals surface area contributed by atoms with E-state index in [1.54, 1.807) is 0 Å². The third-order valence-corrected chi connectivity index (χ3v) is 3.78. The molecule has 0 aliphatic carbocycles. The standard InChI is InChI=1S/C15H21N3O3/c19-10-12(20)9-16-13-5-3-4-11-8-17-18(15(11)13)14-6-1-2-7-21-14/h3-5,8,12,14,16,19-20H,1-2,6-7,9-10H2. The Morgan fingerprint density at radius 1 is 1.43 bits per heavy atom. The van der Waals surface area contributed by atoms with Crippen LogP contribution in [0.5, 0.6) is 0 Å². The molecule has 1 aromatic carbocycles.